The second-order valence-corrected chi connectivity index (χ2v) is 6.06. The van der Waals surface area contributed by atoms with Crippen LogP contribution in [0.5, 0.6) is 5.75 Å². The van der Waals surface area contributed by atoms with Crippen molar-refractivity contribution in [3.05, 3.63) is 23.8 Å². The average Bonchev–Trinajstić information content (AvgIpc) is 2.38. The molecule has 0 fully saturated rings. The number of benzene rings is 1. The Balaban J connectivity index is 2.90. The zero-order valence-corrected chi connectivity index (χ0v) is 13.8. The van der Waals surface area contributed by atoms with Gasteiger partial charge in [0.1, 0.15) is 5.75 Å². The highest BCUT2D eigenvalue weighted by Gasteiger charge is 2.13. The summed E-state index contributed by atoms with van der Waals surface area (Å²) in [5.74, 6) is 1.21. The highest BCUT2D eigenvalue weighted by Crippen LogP contribution is 2.26. The molecule has 118 valence electrons. The number of methoxy groups -OCH3 is 1. The third-order valence-corrected chi connectivity index (χ3v) is 3.85. The molecule has 0 radical (unpaired) electrons. The van der Waals surface area contributed by atoms with Gasteiger partial charge in [-0.1, -0.05) is 6.07 Å². The van der Waals surface area contributed by atoms with Crippen LogP contribution in [0.3, 0.4) is 0 Å². The number of ether oxygens (including phenoxy) is 1. The number of amides is 1. The summed E-state index contributed by atoms with van der Waals surface area (Å²) in [6.45, 7) is 1.49. The van der Waals surface area contributed by atoms with Gasteiger partial charge in [-0.15, -0.1) is 0 Å². The van der Waals surface area contributed by atoms with Gasteiger partial charge in [0.2, 0.25) is 5.91 Å². The largest absolute Gasteiger partial charge is 0.495 e. The summed E-state index contributed by atoms with van der Waals surface area (Å²) in [4.78, 5) is 11.2. The van der Waals surface area contributed by atoms with Crippen molar-refractivity contribution in [2.24, 2.45) is 0 Å². The SMILES string of the molecule is COc1ccc(C[C@@H](CSC)NC(C)=O)cc1NS(=O)O. The molecule has 1 amide bonds. The van der Waals surface area contributed by atoms with Gasteiger partial charge in [0.15, 0.2) is 0 Å². The van der Waals surface area contributed by atoms with Crippen LogP contribution in [-0.2, 0) is 22.5 Å². The van der Waals surface area contributed by atoms with E-state index in [2.05, 4.69) is 10.0 Å². The van der Waals surface area contributed by atoms with E-state index in [0.29, 0.717) is 17.9 Å². The molecule has 1 rings (SSSR count). The van der Waals surface area contributed by atoms with E-state index in [0.717, 1.165) is 11.3 Å². The number of anilines is 1. The van der Waals surface area contributed by atoms with E-state index in [1.807, 2.05) is 12.3 Å². The summed E-state index contributed by atoms with van der Waals surface area (Å²) in [6.07, 6.45) is 2.61. The Bertz CT molecular complexity index is 511. The Morgan fingerprint density at radius 3 is 2.76 bits per heavy atom. The van der Waals surface area contributed by atoms with Crippen molar-refractivity contribution in [1.82, 2.24) is 5.32 Å². The predicted molar refractivity (Wildman–Crippen MR) is 87.1 cm³/mol. The Hall–Kier alpha value is -1.25. The molecular weight excluding hydrogens is 312 g/mol. The van der Waals surface area contributed by atoms with E-state index in [9.17, 15) is 9.00 Å². The molecule has 0 spiro atoms. The summed E-state index contributed by atoms with van der Waals surface area (Å²) >= 11 is -0.516. The number of thioether (sulfide) groups is 1. The first-order valence-electron chi connectivity index (χ1n) is 6.26. The first kappa shape index (κ1) is 17.8. The molecule has 0 saturated heterocycles. The molecule has 0 heterocycles. The maximum Gasteiger partial charge on any atom is 0.259 e. The van der Waals surface area contributed by atoms with Crippen molar-refractivity contribution in [3.8, 4) is 5.75 Å². The number of nitrogens with one attached hydrogen (secondary N) is 2. The minimum atomic E-state index is -2.17. The maximum absolute atomic E-state index is 11.2. The zero-order chi connectivity index (χ0) is 15.8. The molecule has 21 heavy (non-hydrogen) atoms. The predicted octanol–water partition coefficient (Wildman–Crippen LogP) is 1.65. The molecule has 1 aromatic rings. The highest BCUT2D eigenvalue weighted by molar-refractivity contribution is 7.98. The van der Waals surface area contributed by atoms with Crippen LogP contribution in [0.15, 0.2) is 18.2 Å². The second kappa shape index (κ2) is 8.91. The molecule has 1 unspecified atom stereocenters. The van der Waals surface area contributed by atoms with Crippen LogP contribution in [0, 0.1) is 0 Å². The van der Waals surface area contributed by atoms with E-state index < -0.39 is 11.3 Å². The highest BCUT2D eigenvalue weighted by atomic mass is 32.2. The van der Waals surface area contributed by atoms with Gasteiger partial charge in [-0.25, -0.2) is 4.21 Å². The lowest BCUT2D eigenvalue weighted by Crippen LogP contribution is -2.36. The van der Waals surface area contributed by atoms with Crippen LogP contribution in [0.2, 0.25) is 0 Å². The minimum Gasteiger partial charge on any atom is -0.495 e. The van der Waals surface area contributed by atoms with E-state index in [4.69, 9.17) is 9.29 Å². The molecule has 0 aliphatic carbocycles. The zero-order valence-electron chi connectivity index (χ0n) is 12.2. The van der Waals surface area contributed by atoms with Crippen LogP contribution in [0.1, 0.15) is 12.5 Å². The molecule has 0 aromatic heterocycles. The van der Waals surface area contributed by atoms with Crippen LogP contribution in [-0.4, -0.2) is 39.8 Å². The molecule has 0 aliphatic rings. The van der Waals surface area contributed by atoms with Crippen molar-refractivity contribution in [2.45, 2.75) is 19.4 Å². The van der Waals surface area contributed by atoms with Crippen LogP contribution < -0.4 is 14.8 Å². The van der Waals surface area contributed by atoms with Crippen molar-refractivity contribution in [1.29, 1.82) is 0 Å². The number of rotatable bonds is 8. The third kappa shape index (κ3) is 6.36. The lowest BCUT2D eigenvalue weighted by atomic mass is 10.1. The molecular formula is C13H20N2O4S2. The monoisotopic (exact) mass is 332 g/mol. The van der Waals surface area contributed by atoms with Gasteiger partial charge in [-0.05, 0) is 30.4 Å². The van der Waals surface area contributed by atoms with Gasteiger partial charge in [-0.2, -0.15) is 11.8 Å². The second-order valence-electron chi connectivity index (χ2n) is 4.44. The topological polar surface area (TPSA) is 87.7 Å². The molecule has 0 bridgehead atoms. The van der Waals surface area contributed by atoms with Crippen molar-refractivity contribution in [3.63, 3.8) is 0 Å². The Morgan fingerprint density at radius 1 is 1.52 bits per heavy atom. The van der Waals surface area contributed by atoms with Gasteiger partial charge < -0.3 is 10.1 Å². The molecule has 6 nitrogen and oxygen atoms in total. The van der Waals surface area contributed by atoms with E-state index in [1.165, 1.54) is 14.0 Å². The normalized spacial score (nSPS) is 13.3. The fourth-order valence-corrected chi connectivity index (χ4v) is 2.93. The first-order chi connectivity index (χ1) is 9.96. The summed E-state index contributed by atoms with van der Waals surface area (Å²) < 4.78 is 27.4. The summed E-state index contributed by atoms with van der Waals surface area (Å²) in [6, 6.07) is 5.37. The molecule has 0 saturated carbocycles. The Kier molecular flexibility index (Phi) is 7.55. The van der Waals surface area contributed by atoms with E-state index >= 15 is 0 Å². The molecule has 2 atom stereocenters. The van der Waals surface area contributed by atoms with Crippen molar-refractivity contribution in [2.75, 3.05) is 23.8 Å². The summed E-state index contributed by atoms with van der Waals surface area (Å²) in [5.41, 5.74) is 1.39. The fourth-order valence-electron chi connectivity index (χ4n) is 1.98. The van der Waals surface area contributed by atoms with E-state index in [1.54, 1.807) is 23.9 Å². The number of hydrogen-bond donors (Lipinski definition) is 3. The lowest BCUT2D eigenvalue weighted by Gasteiger charge is -2.18. The molecule has 3 N–H and O–H groups in total. The Labute approximate surface area is 131 Å². The van der Waals surface area contributed by atoms with Crippen LogP contribution in [0.25, 0.3) is 0 Å². The van der Waals surface area contributed by atoms with Crippen LogP contribution >= 0.6 is 11.8 Å². The van der Waals surface area contributed by atoms with Crippen molar-refractivity contribution >= 4 is 34.6 Å². The number of carbonyl (C=O) groups is 1. The number of hydrogen-bond acceptors (Lipinski definition) is 4. The van der Waals surface area contributed by atoms with Gasteiger partial charge in [-0.3, -0.25) is 14.1 Å². The van der Waals surface area contributed by atoms with E-state index in [-0.39, 0.29) is 11.9 Å². The Morgan fingerprint density at radius 2 is 2.24 bits per heavy atom. The minimum absolute atomic E-state index is 0.0124. The summed E-state index contributed by atoms with van der Waals surface area (Å²) in [5, 5.41) is 2.90. The smallest absolute Gasteiger partial charge is 0.259 e. The quantitative estimate of drug-likeness (QED) is 0.630. The van der Waals surface area contributed by atoms with Gasteiger partial charge in [0.25, 0.3) is 11.3 Å². The molecule has 8 heteroatoms. The maximum atomic E-state index is 11.2. The summed E-state index contributed by atoms with van der Waals surface area (Å²) in [7, 11) is 1.49. The van der Waals surface area contributed by atoms with Crippen LogP contribution in [0.4, 0.5) is 5.69 Å². The third-order valence-electron chi connectivity index (χ3n) is 2.72. The standard InChI is InChI=1S/C13H20N2O4S2/c1-9(16)14-11(8-20-3)6-10-4-5-13(19-2)12(7-10)15-21(17)18/h4-5,7,11,15H,6,8H2,1-3H3,(H,14,16)(H,17,18)/t11-/m0/s1. The molecule has 1 aromatic carbocycles. The first-order valence-corrected chi connectivity index (χ1v) is 8.76. The number of carbonyl (C=O) groups excluding carboxylic acids is 1. The van der Waals surface area contributed by atoms with Crippen molar-refractivity contribution < 1.29 is 18.3 Å². The molecule has 0 aliphatic heterocycles. The fraction of sp³-hybridized carbons (Fsp3) is 0.462. The lowest BCUT2D eigenvalue weighted by molar-refractivity contribution is -0.119. The van der Waals surface area contributed by atoms with Gasteiger partial charge >= 0.3 is 0 Å². The average molecular weight is 332 g/mol. The van der Waals surface area contributed by atoms with Gasteiger partial charge in [0.05, 0.1) is 12.8 Å². The van der Waals surface area contributed by atoms with Gasteiger partial charge in [0, 0.05) is 18.7 Å².